The van der Waals surface area contributed by atoms with Crippen LogP contribution in [0.3, 0.4) is 0 Å². The summed E-state index contributed by atoms with van der Waals surface area (Å²) in [6.07, 6.45) is 1.81. The average Bonchev–Trinajstić information content (AvgIpc) is 3.55. The Hall–Kier alpha value is -2.27. The Balaban J connectivity index is 1.39. The molecule has 1 N–H and O–H groups in total. The molecule has 3 aromatic rings. The Labute approximate surface area is 207 Å². The van der Waals surface area contributed by atoms with Crippen molar-refractivity contribution < 1.29 is 13.2 Å². The predicted molar refractivity (Wildman–Crippen MR) is 131 cm³/mol. The van der Waals surface area contributed by atoms with Crippen molar-refractivity contribution in [3.8, 4) is 0 Å². The minimum atomic E-state index is -4.50. The lowest BCUT2D eigenvalue weighted by molar-refractivity contribution is -0.147. The zero-order valence-electron chi connectivity index (χ0n) is 20.2. The van der Waals surface area contributed by atoms with E-state index in [0.717, 1.165) is 66.5 Å². The first-order chi connectivity index (χ1) is 16.8. The first-order valence-corrected chi connectivity index (χ1v) is 13.4. The van der Waals surface area contributed by atoms with Crippen molar-refractivity contribution >= 4 is 27.4 Å². The van der Waals surface area contributed by atoms with E-state index in [1.54, 1.807) is 11.3 Å². The van der Waals surface area contributed by atoms with Gasteiger partial charge in [0.1, 0.15) is 16.5 Å². The smallest absolute Gasteiger partial charge is 0.347 e. The molecule has 3 aromatic heterocycles. The van der Waals surface area contributed by atoms with Crippen LogP contribution >= 0.6 is 11.3 Å². The van der Waals surface area contributed by atoms with E-state index < -0.39 is 12.0 Å². The molecule has 0 saturated carbocycles. The fourth-order valence-electron chi connectivity index (χ4n) is 5.25. The van der Waals surface area contributed by atoms with Gasteiger partial charge in [0, 0.05) is 24.4 Å². The zero-order chi connectivity index (χ0) is 24.6. The zero-order valence-corrected chi connectivity index (χ0v) is 21.1. The number of nitrogens with one attached hydrogen (secondary N) is 1. The summed E-state index contributed by atoms with van der Waals surface area (Å²) >= 11 is 1.70. The van der Waals surface area contributed by atoms with Gasteiger partial charge in [-0.1, -0.05) is 20.3 Å². The third-order valence-corrected chi connectivity index (χ3v) is 8.12. The predicted octanol–water partition coefficient (Wildman–Crippen LogP) is 4.84. The number of rotatable bonds is 8. The molecule has 2 atom stereocenters. The molecule has 0 aliphatic carbocycles. The number of alkyl halides is 3. The minimum absolute atomic E-state index is 0.177. The second-order valence-corrected chi connectivity index (χ2v) is 11.0. The van der Waals surface area contributed by atoms with E-state index in [0.29, 0.717) is 18.3 Å². The van der Waals surface area contributed by atoms with Crippen LogP contribution in [0.5, 0.6) is 0 Å². The normalized spacial score (nSPS) is 19.5. The molecule has 11 heteroatoms. The fraction of sp³-hybridized carbons (Fsp3) is 0.667. The summed E-state index contributed by atoms with van der Waals surface area (Å²) in [5.74, 6) is 2.37. The number of nitrogens with zero attached hydrogens (tertiary/aromatic N) is 6. The van der Waals surface area contributed by atoms with Crippen molar-refractivity contribution in [3.05, 3.63) is 28.4 Å². The molecule has 0 radical (unpaired) electrons. The Bertz CT molecular complexity index is 1170. The molecule has 2 unspecified atom stereocenters. The summed E-state index contributed by atoms with van der Waals surface area (Å²) in [6.45, 7) is 7.53. The minimum Gasteiger partial charge on any atom is -0.347 e. The third-order valence-electron chi connectivity index (χ3n) is 7.03. The number of halogens is 3. The highest BCUT2D eigenvalue weighted by molar-refractivity contribution is 7.18. The van der Waals surface area contributed by atoms with Crippen LogP contribution in [-0.2, 0) is 32.1 Å². The lowest BCUT2D eigenvalue weighted by Crippen LogP contribution is -2.36. The van der Waals surface area contributed by atoms with Gasteiger partial charge in [-0.15, -0.1) is 21.5 Å². The molecule has 35 heavy (non-hydrogen) atoms. The molecule has 190 valence electrons. The maximum Gasteiger partial charge on any atom is 0.451 e. The topological polar surface area (TPSA) is 71.8 Å². The second-order valence-electron chi connectivity index (χ2n) is 9.89. The number of thiophene rings is 1. The Morgan fingerprint density at radius 3 is 2.80 bits per heavy atom. The standard InChI is InChI=1S/C24H32F3N7S/c1-3-4-17-12-18-21(33-9-10-34-20(14-33)31-32-23(34)24(25,26)27)29-19(30-22(18)35-17)6-5-15(2)11-16-7-8-28-13-16/h12,15-16,28H,3-11,13-14H2,1-2H3. The first kappa shape index (κ1) is 24.4. The van der Waals surface area contributed by atoms with Gasteiger partial charge in [0.2, 0.25) is 5.82 Å². The number of hydrogen-bond donors (Lipinski definition) is 1. The molecule has 0 amide bonds. The van der Waals surface area contributed by atoms with Crippen molar-refractivity contribution in [2.75, 3.05) is 24.5 Å². The van der Waals surface area contributed by atoms with Gasteiger partial charge >= 0.3 is 6.18 Å². The summed E-state index contributed by atoms with van der Waals surface area (Å²) in [5, 5.41) is 11.7. The number of aromatic nitrogens is 5. The van der Waals surface area contributed by atoms with Gasteiger partial charge < -0.3 is 14.8 Å². The van der Waals surface area contributed by atoms with E-state index in [1.807, 2.05) is 4.90 Å². The van der Waals surface area contributed by atoms with E-state index in [2.05, 4.69) is 35.4 Å². The van der Waals surface area contributed by atoms with Crippen LogP contribution in [0.2, 0.25) is 0 Å². The van der Waals surface area contributed by atoms with Crippen molar-refractivity contribution in [1.29, 1.82) is 0 Å². The molecule has 1 fully saturated rings. The average molecular weight is 508 g/mol. The van der Waals surface area contributed by atoms with Crippen molar-refractivity contribution in [2.45, 2.75) is 71.6 Å². The highest BCUT2D eigenvalue weighted by Crippen LogP contribution is 2.35. The number of fused-ring (bicyclic) bond motifs is 2. The maximum absolute atomic E-state index is 13.3. The van der Waals surface area contributed by atoms with Gasteiger partial charge in [0.15, 0.2) is 5.82 Å². The van der Waals surface area contributed by atoms with E-state index >= 15 is 0 Å². The Morgan fingerprint density at radius 2 is 2.06 bits per heavy atom. The van der Waals surface area contributed by atoms with Crippen molar-refractivity contribution in [2.24, 2.45) is 11.8 Å². The van der Waals surface area contributed by atoms with Crippen LogP contribution < -0.4 is 10.2 Å². The summed E-state index contributed by atoms with van der Waals surface area (Å²) in [6, 6.07) is 2.15. The molecule has 0 bridgehead atoms. The molecular formula is C24H32F3N7S. The van der Waals surface area contributed by atoms with Crippen LogP contribution in [0.25, 0.3) is 10.2 Å². The van der Waals surface area contributed by atoms with E-state index in [9.17, 15) is 13.2 Å². The fourth-order valence-corrected chi connectivity index (χ4v) is 6.39. The Kier molecular flexibility index (Phi) is 6.98. The monoisotopic (exact) mass is 507 g/mol. The van der Waals surface area contributed by atoms with Crippen molar-refractivity contribution in [3.63, 3.8) is 0 Å². The van der Waals surface area contributed by atoms with Crippen LogP contribution in [-0.4, -0.2) is 44.4 Å². The SMILES string of the molecule is CCCc1cc2c(N3CCn4c(nnc4C(F)(F)F)C3)nc(CCC(C)CC3CCNC3)nc2s1. The van der Waals surface area contributed by atoms with E-state index in [1.165, 1.54) is 22.3 Å². The molecule has 0 spiro atoms. The summed E-state index contributed by atoms with van der Waals surface area (Å²) < 4.78 is 41.0. The maximum atomic E-state index is 13.3. The van der Waals surface area contributed by atoms with Gasteiger partial charge in [0.05, 0.1) is 11.9 Å². The van der Waals surface area contributed by atoms with Crippen LogP contribution in [0.1, 0.15) is 61.9 Å². The lowest BCUT2D eigenvalue weighted by Gasteiger charge is -2.29. The molecule has 7 nitrogen and oxygen atoms in total. The van der Waals surface area contributed by atoms with E-state index in [-0.39, 0.29) is 13.1 Å². The molecule has 2 aliphatic rings. The number of aryl methyl sites for hydroxylation is 2. The van der Waals surface area contributed by atoms with Gasteiger partial charge in [-0.25, -0.2) is 9.97 Å². The number of anilines is 1. The Morgan fingerprint density at radius 1 is 1.20 bits per heavy atom. The largest absolute Gasteiger partial charge is 0.451 e. The lowest BCUT2D eigenvalue weighted by atomic mass is 9.92. The molecule has 5 heterocycles. The molecular weight excluding hydrogens is 475 g/mol. The second kappa shape index (κ2) is 10.0. The van der Waals surface area contributed by atoms with Gasteiger partial charge in [-0.3, -0.25) is 0 Å². The highest BCUT2D eigenvalue weighted by Gasteiger charge is 2.39. The third kappa shape index (κ3) is 5.30. The summed E-state index contributed by atoms with van der Waals surface area (Å²) in [5.41, 5.74) is 0. The van der Waals surface area contributed by atoms with E-state index in [4.69, 9.17) is 9.97 Å². The molecule has 5 rings (SSSR count). The quantitative estimate of drug-likeness (QED) is 0.470. The molecule has 2 aliphatic heterocycles. The highest BCUT2D eigenvalue weighted by atomic mass is 32.1. The first-order valence-electron chi connectivity index (χ1n) is 12.6. The van der Waals surface area contributed by atoms with Crippen LogP contribution in [0, 0.1) is 11.8 Å². The molecule has 1 saturated heterocycles. The number of hydrogen-bond acceptors (Lipinski definition) is 7. The van der Waals surface area contributed by atoms with Crippen LogP contribution in [0.4, 0.5) is 19.0 Å². The summed E-state index contributed by atoms with van der Waals surface area (Å²) in [7, 11) is 0. The van der Waals surface area contributed by atoms with Gasteiger partial charge in [-0.2, -0.15) is 13.2 Å². The summed E-state index contributed by atoms with van der Waals surface area (Å²) in [4.78, 5) is 14.1. The van der Waals surface area contributed by atoms with Gasteiger partial charge in [-0.05, 0) is 56.7 Å². The van der Waals surface area contributed by atoms with Crippen LogP contribution in [0.15, 0.2) is 6.07 Å². The molecule has 0 aromatic carbocycles. The van der Waals surface area contributed by atoms with Crippen molar-refractivity contribution in [1.82, 2.24) is 30.0 Å². The van der Waals surface area contributed by atoms with Gasteiger partial charge in [0.25, 0.3) is 0 Å².